The number of hydrogen-bond acceptors (Lipinski definition) is 2. The molecule has 0 fully saturated rings. The monoisotopic (exact) mass is 303 g/mol. The maximum Gasteiger partial charge on any atom is 0.191 e. The van der Waals surface area contributed by atoms with Gasteiger partial charge in [0.2, 0.25) is 0 Å². The number of nitrogens with zero attached hydrogens (tertiary/aromatic N) is 3. The Morgan fingerprint density at radius 2 is 1.91 bits per heavy atom. The van der Waals surface area contributed by atoms with E-state index in [1.54, 1.807) is 19.2 Å². The van der Waals surface area contributed by atoms with Crippen LogP contribution >= 0.6 is 0 Å². The molecule has 2 N–H and O–H groups in total. The second-order valence-electron chi connectivity index (χ2n) is 5.14. The number of rotatable bonds is 4. The first-order valence-corrected chi connectivity index (χ1v) is 7.20. The van der Waals surface area contributed by atoms with Crippen LogP contribution in [0.4, 0.5) is 4.39 Å². The molecule has 0 radical (unpaired) electrons. The fourth-order valence-corrected chi connectivity index (χ4v) is 2.29. The number of halogens is 1. The molecule has 118 valence electrons. The summed E-state index contributed by atoms with van der Waals surface area (Å²) < 4.78 is 15.5. The van der Waals surface area contributed by atoms with Crippen molar-refractivity contribution >= 4 is 5.96 Å². The van der Waals surface area contributed by atoms with E-state index >= 15 is 0 Å². The van der Waals surface area contributed by atoms with E-state index in [0.29, 0.717) is 24.6 Å². The zero-order chi connectivity index (χ0) is 16.1. The molecule has 0 aliphatic carbocycles. The van der Waals surface area contributed by atoms with Crippen molar-refractivity contribution in [2.45, 2.75) is 26.9 Å². The summed E-state index contributed by atoms with van der Waals surface area (Å²) in [5.41, 5.74) is 3.88. The Labute approximate surface area is 130 Å². The van der Waals surface area contributed by atoms with Gasteiger partial charge < -0.3 is 10.6 Å². The van der Waals surface area contributed by atoms with Crippen LogP contribution in [-0.2, 0) is 20.1 Å². The highest BCUT2D eigenvalue weighted by atomic mass is 19.1. The standard InChI is InChI=1S/C16H22FN5/c1-11-14(12(2)22(4)21-11)10-20-16(18-3)19-9-13-7-5-6-8-15(13)17/h5-8H,9-10H2,1-4H3,(H2,18,19,20). The van der Waals surface area contributed by atoms with Gasteiger partial charge in [0.05, 0.1) is 5.69 Å². The van der Waals surface area contributed by atoms with Crippen LogP contribution in [0.15, 0.2) is 29.3 Å². The van der Waals surface area contributed by atoms with Gasteiger partial charge in [-0.3, -0.25) is 9.67 Å². The lowest BCUT2D eigenvalue weighted by atomic mass is 10.2. The normalized spacial score (nSPS) is 11.6. The summed E-state index contributed by atoms with van der Waals surface area (Å²) in [5.74, 6) is 0.412. The Bertz CT molecular complexity index is 675. The molecule has 0 saturated heterocycles. The third-order valence-electron chi connectivity index (χ3n) is 3.72. The number of aromatic nitrogens is 2. The van der Waals surface area contributed by atoms with Crippen LogP contribution in [0.3, 0.4) is 0 Å². The molecule has 0 unspecified atom stereocenters. The number of nitrogens with one attached hydrogen (secondary N) is 2. The molecule has 1 aromatic heterocycles. The van der Waals surface area contributed by atoms with Gasteiger partial charge in [-0.25, -0.2) is 4.39 Å². The number of aryl methyl sites for hydroxylation is 2. The van der Waals surface area contributed by atoms with Crippen LogP contribution in [0.1, 0.15) is 22.5 Å². The van der Waals surface area contributed by atoms with E-state index in [4.69, 9.17) is 0 Å². The van der Waals surface area contributed by atoms with Crippen molar-refractivity contribution in [1.82, 2.24) is 20.4 Å². The molecule has 0 atom stereocenters. The van der Waals surface area contributed by atoms with Crippen molar-refractivity contribution in [3.63, 3.8) is 0 Å². The molecule has 0 aliphatic heterocycles. The Kier molecular flexibility index (Phi) is 5.14. The maximum absolute atomic E-state index is 13.6. The van der Waals surface area contributed by atoms with E-state index in [-0.39, 0.29) is 5.82 Å². The lowest BCUT2D eigenvalue weighted by molar-refractivity contribution is 0.604. The van der Waals surface area contributed by atoms with Gasteiger partial charge in [0.25, 0.3) is 0 Å². The highest BCUT2D eigenvalue weighted by Crippen LogP contribution is 2.11. The van der Waals surface area contributed by atoms with Crippen molar-refractivity contribution in [2.24, 2.45) is 12.0 Å². The minimum absolute atomic E-state index is 0.218. The van der Waals surface area contributed by atoms with E-state index in [2.05, 4.69) is 20.7 Å². The van der Waals surface area contributed by atoms with Gasteiger partial charge >= 0.3 is 0 Å². The van der Waals surface area contributed by atoms with Gasteiger partial charge in [-0.05, 0) is 19.9 Å². The first-order chi connectivity index (χ1) is 10.5. The Morgan fingerprint density at radius 1 is 1.23 bits per heavy atom. The summed E-state index contributed by atoms with van der Waals surface area (Å²) in [6.45, 7) is 5.03. The molecule has 0 amide bonds. The van der Waals surface area contributed by atoms with Crippen LogP contribution in [0.5, 0.6) is 0 Å². The second kappa shape index (κ2) is 7.06. The largest absolute Gasteiger partial charge is 0.352 e. The molecule has 0 spiro atoms. The summed E-state index contributed by atoms with van der Waals surface area (Å²) >= 11 is 0. The molecule has 2 aromatic rings. The lowest BCUT2D eigenvalue weighted by Crippen LogP contribution is -2.36. The van der Waals surface area contributed by atoms with Gasteiger partial charge in [0.15, 0.2) is 5.96 Å². The SMILES string of the molecule is CN=C(NCc1ccccc1F)NCc1c(C)nn(C)c1C. The molecule has 2 rings (SSSR count). The van der Waals surface area contributed by atoms with Crippen molar-refractivity contribution < 1.29 is 4.39 Å². The fourth-order valence-electron chi connectivity index (χ4n) is 2.29. The Hall–Kier alpha value is -2.37. The molecular formula is C16H22FN5. The number of benzene rings is 1. The summed E-state index contributed by atoms with van der Waals surface area (Å²) in [6, 6.07) is 6.71. The third kappa shape index (κ3) is 3.63. The molecular weight excluding hydrogens is 281 g/mol. The van der Waals surface area contributed by atoms with Gasteiger partial charge in [-0.1, -0.05) is 18.2 Å². The van der Waals surface area contributed by atoms with Gasteiger partial charge in [-0.15, -0.1) is 0 Å². The lowest BCUT2D eigenvalue weighted by Gasteiger charge is -2.12. The van der Waals surface area contributed by atoms with Crippen molar-refractivity contribution in [2.75, 3.05) is 7.05 Å². The predicted octanol–water partition coefficient (Wildman–Crippen LogP) is 2.04. The molecule has 1 aromatic carbocycles. The fraction of sp³-hybridized carbons (Fsp3) is 0.375. The van der Waals surface area contributed by atoms with Crippen LogP contribution in [-0.4, -0.2) is 22.8 Å². The van der Waals surface area contributed by atoms with Gasteiger partial charge in [0.1, 0.15) is 5.82 Å². The number of hydrogen-bond donors (Lipinski definition) is 2. The maximum atomic E-state index is 13.6. The second-order valence-corrected chi connectivity index (χ2v) is 5.14. The average molecular weight is 303 g/mol. The van der Waals surface area contributed by atoms with E-state index in [9.17, 15) is 4.39 Å². The summed E-state index contributed by atoms with van der Waals surface area (Å²) in [6.07, 6.45) is 0. The van der Waals surface area contributed by atoms with Crippen LogP contribution in [0.2, 0.25) is 0 Å². The highest BCUT2D eigenvalue weighted by molar-refractivity contribution is 5.79. The summed E-state index contributed by atoms with van der Waals surface area (Å²) in [4.78, 5) is 4.16. The predicted molar refractivity (Wildman–Crippen MR) is 86.1 cm³/mol. The quantitative estimate of drug-likeness (QED) is 0.671. The van der Waals surface area contributed by atoms with E-state index in [1.165, 1.54) is 6.07 Å². The molecule has 0 saturated carbocycles. The molecule has 0 bridgehead atoms. The van der Waals surface area contributed by atoms with Crippen molar-refractivity contribution in [3.8, 4) is 0 Å². The summed E-state index contributed by atoms with van der Waals surface area (Å²) in [5, 5.41) is 10.7. The topological polar surface area (TPSA) is 54.2 Å². The van der Waals surface area contributed by atoms with E-state index in [1.807, 2.05) is 31.6 Å². The summed E-state index contributed by atoms with van der Waals surface area (Å²) in [7, 11) is 3.62. The van der Waals surface area contributed by atoms with Crippen molar-refractivity contribution in [1.29, 1.82) is 0 Å². The van der Waals surface area contributed by atoms with Crippen molar-refractivity contribution in [3.05, 3.63) is 52.6 Å². The Morgan fingerprint density at radius 3 is 2.50 bits per heavy atom. The van der Waals surface area contributed by atoms with Crippen LogP contribution < -0.4 is 10.6 Å². The van der Waals surface area contributed by atoms with Gasteiger partial charge in [-0.2, -0.15) is 5.10 Å². The minimum Gasteiger partial charge on any atom is -0.352 e. The molecule has 5 nitrogen and oxygen atoms in total. The zero-order valence-corrected chi connectivity index (χ0v) is 13.4. The molecule has 22 heavy (non-hydrogen) atoms. The first kappa shape index (κ1) is 16.0. The van der Waals surface area contributed by atoms with E-state index < -0.39 is 0 Å². The van der Waals surface area contributed by atoms with Crippen LogP contribution in [0.25, 0.3) is 0 Å². The minimum atomic E-state index is -0.218. The number of guanidine groups is 1. The average Bonchev–Trinajstić information content (AvgIpc) is 2.74. The highest BCUT2D eigenvalue weighted by Gasteiger charge is 2.10. The van der Waals surface area contributed by atoms with E-state index in [0.717, 1.165) is 17.0 Å². The van der Waals surface area contributed by atoms with Crippen LogP contribution in [0, 0.1) is 19.7 Å². The molecule has 0 aliphatic rings. The molecule has 6 heteroatoms. The smallest absolute Gasteiger partial charge is 0.191 e. The molecule has 1 heterocycles. The van der Waals surface area contributed by atoms with Gasteiger partial charge in [0, 0.05) is 44.0 Å². The number of aliphatic imine (C=N–C) groups is 1. The Balaban J connectivity index is 1.95. The third-order valence-corrected chi connectivity index (χ3v) is 3.72. The zero-order valence-electron chi connectivity index (χ0n) is 13.4. The first-order valence-electron chi connectivity index (χ1n) is 7.20.